The lowest BCUT2D eigenvalue weighted by Gasteiger charge is -2.27. The van der Waals surface area contributed by atoms with Crippen LogP contribution >= 0.6 is 22.9 Å². The Bertz CT molecular complexity index is 359. The van der Waals surface area contributed by atoms with Gasteiger partial charge in [-0.25, -0.2) is 4.79 Å². The molecule has 1 atom stereocenters. The van der Waals surface area contributed by atoms with Crippen LogP contribution in [0.25, 0.3) is 0 Å². The maximum absolute atomic E-state index is 11.2. The monoisotopic (exact) mass is 248 g/mol. The summed E-state index contributed by atoms with van der Waals surface area (Å²) in [5, 5.41) is 12.2. The third kappa shape index (κ3) is 2.51. The Morgan fingerprint density at radius 3 is 2.67 bits per heavy atom. The highest BCUT2D eigenvalue weighted by atomic mass is 35.5. The van der Waals surface area contributed by atoms with E-state index in [0.717, 1.165) is 4.88 Å². The Hall–Kier alpha value is -0.580. The summed E-state index contributed by atoms with van der Waals surface area (Å²) in [6.45, 7) is 3.55. The van der Waals surface area contributed by atoms with Crippen LogP contribution in [-0.2, 0) is 14.9 Å². The number of hydrogen-bond donors (Lipinski definition) is 1. The maximum atomic E-state index is 11.2. The lowest BCUT2D eigenvalue weighted by molar-refractivity contribution is -0.153. The number of ether oxygens (including phenoxy) is 1. The summed E-state index contributed by atoms with van der Waals surface area (Å²) in [6.07, 6.45) is -1.18. The van der Waals surface area contributed by atoms with Crippen LogP contribution in [0.1, 0.15) is 18.7 Å². The standard InChI is InChI=1S/C10H13ClO3S/c1-10(2,8(12)9(13)14-3)7-4-6(11)5-15-7/h4-5,8,12H,1-3H3. The molecule has 1 aromatic heterocycles. The molecule has 0 aromatic carbocycles. The average molecular weight is 249 g/mol. The number of aliphatic hydroxyl groups excluding tert-OH is 1. The zero-order valence-electron chi connectivity index (χ0n) is 8.78. The third-order valence-electron chi connectivity index (χ3n) is 2.31. The fourth-order valence-corrected chi connectivity index (χ4v) is 2.42. The molecule has 15 heavy (non-hydrogen) atoms. The van der Waals surface area contributed by atoms with Gasteiger partial charge in [-0.05, 0) is 6.07 Å². The van der Waals surface area contributed by atoms with E-state index in [1.807, 2.05) is 0 Å². The Labute approximate surface area is 97.6 Å². The highest BCUT2D eigenvalue weighted by Gasteiger charge is 2.37. The lowest BCUT2D eigenvalue weighted by atomic mass is 9.85. The summed E-state index contributed by atoms with van der Waals surface area (Å²) in [6, 6.07) is 1.75. The van der Waals surface area contributed by atoms with Gasteiger partial charge in [-0.3, -0.25) is 0 Å². The summed E-state index contributed by atoms with van der Waals surface area (Å²) in [4.78, 5) is 12.1. The molecule has 0 fully saturated rings. The molecule has 1 rings (SSSR count). The van der Waals surface area contributed by atoms with Crippen molar-refractivity contribution in [2.45, 2.75) is 25.4 Å². The van der Waals surface area contributed by atoms with Crippen molar-refractivity contribution in [3.8, 4) is 0 Å². The molecule has 0 aliphatic carbocycles. The molecule has 3 nitrogen and oxygen atoms in total. The first-order valence-electron chi connectivity index (χ1n) is 4.40. The van der Waals surface area contributed by atoms with Gasteiger partial charge in [0.05, 0.1) is 12.1 Å². The van der Waals surface area contributed by atoms with Crippen LogP contribution in [0.3, 0.4) is 0 Å². The SMILES string of the molecule is COC(=O)C(O)C(C)(C)c1cc(Cl)cs1. The topological polar surface area (TPSA) is 46.5 Å². The summed E-state index contributed by atoms with van der Waals surface area (Å²) in [7, 11) is 1.25. The number of halogens is 1. The summed E-state index contributed by atoms with van der Waals surface area (Å²) >= 11 is 7.21. The van der Waals surface area contributed by atoms with Crippen molar-refractivity contribution in [3.63, 3.8) is 0 Å². The highest BCUT2D eigenvalue weighted by Crippen LogP contribution is 2.34. The first kappa shape index (κ1) is 12.5. The second-order valence-corrected chi connectivity index (χ2v) is 5.12. The van der Waals surface area contributed by atoms with Gasteiger partial charge in [0.15, 0.2) is 6.10 Å². The molecule has 0 amide bonds. The fourth-order valence-electron chi connectivity index (χ4n) is 1.19. The van der Waals surface area contributed by atoms with E-state index < -0.39 is 17.5 Å². The van der Waals surface area contributed by atoms with Crippen LogP contribution in [0.15, 0.2) is 11.4 Å². The number of thiophene rings is 1. The van der Waals surface area contributed by atoms with Gasteiger partial charge in [0, 0.05) is 15.7 Å². The summed E-state index contributed by atoms with van der Waals surface area (Å²) in [5.41, 5.74) is -0.690. The normalized spacial score (nSPS) is 13.7. The molecule has 0 saturated heterocycles. The van der Waals surface area contributed by atoms with Crippen molar-refractivity contribution >= 4 is 28.9 Å². The molecule has 1 heterocycles. The fraction of sp³-hybridized carbons (Fsp3) is 0.500. The van der Waals surface area contributed by atoms with E-state index in [1.54, 1.807) is 25.3 Å². The van der Waals surface area contributed by atoms with E-state index in [1.165, 1.54) is 18.4 Å². The van der Waals surface area contributed by atoms with Gasteiger partial charge in [0.1, 0.15) is 0 Å². The summed E-state index contributed by atoms with van der Waals surface area (Å²) in [5.74, 6) is -0.635. The minimum Gasteiger partial charge on any atom is -0.467 e. The van der Waals surface area contributed by atoms with Gasteiger partial charge in [0.2, 0.25) is 0 Å². The molecule has 0 aliphatic heterocycles. The number of carbonyl (C=O) groups is 1. The predicted molar refractivity (Wildman–Crippen MR) is 60.4 cm³/mol. The largest absolute Gasteiger partial charge is 0.467 e. The minimum absolute atomic E-state index is 0.611. The molecule has 0 radical (unpaired) electrons. The van der Waals surface area contributed by atoms with Crippen LogP contribution in [0, 0.1) is 0 Å². The Morgan fingerprint density at radius 1 is 1.67 bits per heavy atom. The molecule has 0 saturated carbocycles. The van der Waals surface area contributed by atoms with Crippen LogP contribution in [0.4, 0.5) is 0 Å². The highest BCUT2D eigenvalue weighted by molar-refractivity contribution is 7.10. The molecular formula is C10H13ClO3S. The molecule has 84 valence electrons. The molecular weight excluding hydrogens is 236 g/mol. The van der Waals surface area contributed by atoms with E-state index in [0.29, 0.717) is 5.02 Å². The van der Waals surface area contributed by atoms with Gasteiger partial charge in [-0.1, -0.05) is 25.4 Å². The number of rotatable bonds is 3. The van der Waals surface area contributed by atoms with Gasteiger partial charge in [0.25, 0.3) is 0 Å². The Morgan fingerprint density at radius 2 is 2.27 bits per heavy atom. The van der Waals surface area contributed by atoms with E-state index in [2.05, 4.69) is 4.74 Å². The molecule has 1 aromatic rings. The van der Waals surface area contributed by atoms with Crippen LogP contribution in [-0.4, -0.2) is 24.3 Å². The van der Waals surface area contributed by atoms with Crippen molar-refractivity contribution in [1.82, 2.24) is 0 Å². The number of esters is 1. The number of methoxy groups -OCH3 is 1. The average Bonchev–Trinajstić information content (AvgIpc) is 2.63. The van der Waals surface area contributed by atoms with Crippen LogP contribution < -0.4 is 0 Å². The van der Waals surface area contributed by atoms with Crippen molar-refractivity contribution in [3.05, 3.63) is 21.3 Å². The van der Waals surface area contributed by atoms with Crippen molar-refractivity contribution < 1.29 is 14.6 Å². The molecule has 0 spiro atoms. The summed E-state index contributed by atoms with van der Waals surface area (Å²) < 4.78 is 4.51. The second-order valence-electron chi connectivity index (χ2n) is 3.78. The first-order chi connectivity index (χ1) is 6.89. The van der Waals surface area contributed by atoms with Gasteiger partial charge in [-0.2, -0.15) is 0 Å². The Balaban J connectivity index is 2.96. The van der Waals surface area contributed by atoms with Gasteiger partial charge >= 0.3 is 5.97 Å². The minimum atomic E-state index is -1.18. The third-order valence-corrected chi connectivity index (χ3v) is 3.93. The van der Waals surface area contributed by atoms with Crippen molar-refractivity contribution in [1.29, 1.82) is 0 Å². The van der Waals surface area contributed by atoms with Crippen molar-refractivity contribution in [2.75, 3.05) is 7.11 Å². The second kappa shape index (κ2) is 4.51. The number of aliphatic hydroxyl groups is 1. The predicted octanol–water partition coefficient (Wildman–Crippen LogP) is 2.21. The van der Waals surface area contributed by atoms with Crippen LogP contribution in [0.5, 0.6) is 0 Å². The van der Waals surface area contributed by atoms with Crippen molar-refractivity contribution in [2.24, 2.45) is 0 Å². The molecule has 1 N–H and O–H groups in total. The zero-order chi connectivity index (χ0) is 11.6. The lowest BCUT2D eigenvalue weighted by Crippen LogP contribution is -2.40. The number of carbonyl (C=O) groups excluding carboxylic acids is 1. The molecule has 1 unspecified atom stereocenters. The first-order valence-corrected chi connectivity index (χ1v) is 5.65. The Kier molecular flexibility index (Phi) is 3.76. The van der Waals surface area contributed by atoms with E-state index in [4.69, 9.17) is 11.6 Å². The molecule has 0 aliphatic rings. The van der Waals surface area contributed by atoms with E-state index >= 15 is 0 Å². The van der Waals surface area contributed by atoms with E-state index in [9.17, 15) is 9.90 Å². The maximum Gasteiger partial charge on any atom is 0.335 e. The quantitative estimate of drug-likeness (QED) is 0.835. The smallest absolute Gasteiger partial charge is 0.335 e. The van der Waals surface area contributed by atoms with Gasteiger partial charge in [-0.15, -0.1) is 11.3 Å². The molecule has 0 bridgehead atoms. The number of hydrogen-bond acceptors (Lipinski definition) is 4. The van der Waals surface area contributed by atoms with E-state index in [-0.39, 0.29) is 0 Å². The molecule has 5 heteroatoms. The zero-order valence-corrected chi connectivity index (χ0v) is 10.4. The van der Waals surface area contributed by atoms with Crippen LogP contribution in [0.2, 0.25) is 5.02 Å². The van der Waals surface area contributed by atoms with Gasteiger partial charge < -0.3 is 9.84 Å².